The van der Waals surface area contributed by atoms with E-state index in [9.17, 15) is 9.59 Å². The van der Waals surface area contributed by atoms with Crippen LogP contribution in [0, 0.1) is 0 Å². The maximum atomic E-state index is 12.5. The zero-order valence-electron chi connectivity index (χ0n) is 19.3. The van der Waals surface area contributed by atoms with Gasteiger partial charge in [0, 0.05) is 0 Å². The first-order valence-electron chi connectivity index (χ1n) is 10.6. The molecule has 3 aromatic rings. The lowest BCUT2D eigenvalue weighted by atomic mass is 10.1. The highest BCUT2D eigenvalue weighted by molar-refractivity contribution is 8.18. The van der Waals surface area contributed by atoms with E-state index < -0.39 is 5.97 Å². The summed E-state index contributed by atoms with van der Waals surface area (Å²) in [6.45, 7) is 0.0983. The van der Waals surface area contributed by atoms with Crippen LogP contribution in [0.1, 0.15) is 21.5 Å². The van der Waals surface area contributed by atoms with Crippen LogP contribution >= 0.6 is 23.4 Å². The summed E-state index contributed by atoms with van der Waals surface area (Å²) in [5, 5.41) is 12.7. The maximum absolute atomic E-state index is 12.5. The van der Waals surface area contributed by atoms with Gasteiger partial charge in [-0.05, 0) is 77.5 Å². The topological polar surface area (TPSA) is 106 Å². The molecule has 1 saturated heterocycles. The Kier molecular flexibility index (Phi) is 7.82. The molecule has 0 atom stereocenters. The number of hydrogen-bond acceptors (Lipinski definition) is 7. The van der Waals surface area contributed by atoms with Crippen molar-refractivity contribution in [3.05, 3.63) is 87.3 Å². The SMILES string of the molecule is COc1ccc(N=C2NC(=O)/C(=C\c3cc(Cl)c(OCc4cccc(C(=O)O)c4)c(OC)c3)S2)cc1. The van der Waals surface area contributed by atoms with E-state index in [0.717, 1.165) is 5.75 Å². The van der Waals surface area contributed by atoms with Gasteiger partial charge in [0.2, 0.25) is 0 Å². The van der Waals surface area contributed by atoms with Gasteiger partial charge in [0.15, 0.2) is 16.7 Å². The summed E-state index contributed by atoms with van der Waals surface area (Å²) >= 11 is 7.68. The Labute approximate surface area is 216 Å². The zero-order valence-corrected chi connectivity index (χ0v) is 20.9. The largest absolute Gasteiger partial charge is 0.497 e. The molecule has 1 aliphatic rings. The molecule has 1 aliphatic heterocycles. The van der Waals surface area contributed by atoms with Crippen LogP contribution in [0.5, 0.6) is 17.2 Å². The highest BCUT2D eigenvalue weighted by atomic mass is 35.5. The first-order chi connectivity index (χ1) is 17.4. The van der Waals surface area contributed by atoms with Gasteiger partial charge in [-0.25, -0.2) is 9.79 Å². The number of nitrogens with zero attached hydrogens (tertiary/aromatic N) is 1. The molecule has 1 heterocycles. The number of amidine groups is 1. The van der Waals surface area contributed by atoms with Gasteiger partial charge in [0.05, 0.1) is 35.4 Å². The number of methoxy groups -OCH3 is 2. The number of benzene rings is 3. The van der Waals surface area contributed by atoms with E-state index in [1.165, 1.54) is 31.0 Å². The lowest BCUT2D eigenvalue weighted by molar-refractivity contribution is -0.115. The second-order valence-electron chi connectivity index (χ2n) is 7.51. The molecule has 3 aromatic carbocycles. The van der Waals surface area contributed by atoms with Crippen LogP contribution < -0.4 is 19.5 Å². The number of aromatic carboxylic acids is 1. The van der Waals surface area contributed by atoms with Crippen molar-refractivity contribution < 1.29 is 28.9 Å². The van der Waals surface area contributed by atoms with E-state index in [-0.39, 0.29) is 23.1 Å². The number of ether oxygens (including phenoxy) is 3. The fourth-order valence-electron chi connectivity index (χ4n) is 3.32. The molecule has 10 heteroatoms. The van der Waals surface area contributed by atoms with Crippen LogP contribution in [0.2, 0.25) is 5.02 Å². The molecule has 1 amide bonds. The number of hydrogen-bond donors (Lipinski definition) is 2. The fraction of sp³-hybridized carbons (Fsp3) is 0.115. The van der Waals surface area contributed by atoms with Crippen molar-refractivity contribution in [3.8, 4) is 17.2 Å². The number of nitrogens with one attached hydrogen (secondary N) is 1. The minimum absolute atomic E-state index is 0.0983. The smallest absolute Gasteiger partial charge is 0.335 e. The average Bonchev–Trinajstić information content (AvgIpc) is 3.21. The predicted molar refractivity (Wildman–Crippen MR) is 140 cm³/mol. The van der Waals surface area contributed by atoms with Crippen molar-refractivity contribution in [2.24, 2.45) is 4.99 Å². The Morgan fingerprint density at radius 1 is 1.11 bits per heavy atom. The second kappa shape index (κ2) is 11.2. The van der Waals surface area contributed by atoms with Gasteiger partial charge in [-0.15, -0.1) is 0 Å². The summed E-state index contributed by atoms with van der Waals surface area (Å²) in [7, 11) is 3.07. The van der Waals surface area contributed by atoms with E-state index in [4.69, 9.17) is 30.9 Å². The maximum Gasteiger partial charge on any atom is 0.335 e. The highest BCUT2D eigenvalue weighted by Gasteiger charge is 2.24. The molecular weight excluding hydrogens is 504 g/mol. The standard InChI is InChI=1S/C26H21ClN2O6S/c1-33-19-8-6-18(7-9-19)28-26-29-24(30)22(36-26)13-16-11-20(27)23(21(12-16)34-2)35-14-15-4-3-5-17(10-15)25(31)32/h3-13H,14H2,1-2H3,(H,31,32)(H,28,29,30)/b22-13+. The fourth-order valence-corrected chi connectivity index (χ4v) is 4.43. The molecular formula is C26H21ClN2O6S. The summed E-state index contributed by atoms with van der Waals surface area (Å²) < 4.78 is 16.4. The first-order valence-corrected chi connectivity index (χ1v) is 11.8. The molecule has 0 aliphatic carbocycles. The number of carbonyl (C=O) groups is 2. The Balaban J connectivity index is 1.51. The van der Waals surface area contributed by atoms with E-state index in [0.29, 0.717) is 38.4 Å². The van der Waals surface area contributed by atoms with Gasteiger partial charge in [0.1, 0.15) is 12.4 Å². The summed E-state index contributed by atoms with van der Waals surface area (Å²) in [6.07, 6.45) is 1.69. The highest BCUT2D eigenvalue weighted by Crippen LogP contribution is 2.38. The molecule has 36 heavy (non-hydrogen) atoms. The quantitative estimate of drug-likeness (QED) is 0.373. The molecule has 0 saturated carbocycles. The van der Waals surface area contributed by atoms with Crippen molar-refractivity contribution in [2.45, 2.75) is 6.61 Å². The van der Waals surface area contributed by atoms with Crippen LogP contribution in [0.25, 0.3) is 6.08 Å². The Bertz CT molecular complexity index is 1370. The summed E-state index contributed by atoms with van der Waals surface area (Å²) in [4.78, 5) is 28.6. The van der Waals surface area contributed by atoms with E-state index >= 15 is 0 Å². The molecule has 0 radical (unpaired) electrons. The molecule has 0 unspecified atom stereocenters. The van der Waals surface area contributed by atoms with Crippen molar-refractivity contribution >= 4 is 52.2 Å². The van der Waals surface area contributed by atoms with Crippen LogP contribution in [0.3, 0.4) is 0 Å². The molecule has 4 rings (SSSR count). The summed E-state index contributed by atoms with van der Waals surface area (Å²) in [5.74, 6) is 0.109. The number of amides is 1. The zero-order chi connectivity index (χ0) is 25.7. The molecule has 184 valence electrons. The third-order valence-corrected chi connectivity index (χ3v) is 6.25. The number of halogens is 1. The lowest BCUT2D eigenvalue weighted by Crippen LogP contribution is -2.19. The van der Waals surface area contributed by atoms with Gasteiger partial charge in [0.25, 0.3) is 5.91 Å². The molecule has 2 N–H and O–H groups in total. The van der Waals surface area contributed by atoms with Crippen molar-refractivity contribution in [2.75, 3.05) is 14.2 Å². The lowest BCUT2D eigenvalue weighted by Gasteiger charge is -2.14. The van der Waals surface area contributed by atoms with Crippen LogP contribution in [0.15, 0.2) is 70.6 Å². The van der Waals surface area contributed by atoms with Gasteiger partial charge in [-0.2, -0.15) is 0 Å². The van der Waals surface area contributed by atoms with Gasteiger partial charge >= 0.3 is 5.97 Å². The normalized spacial score (nSPS) is 15.1. The minimum atomic E-state index is -1.02. The third kappa shape index (κ3) is 5.99. The van der Waals surface area contributed by atoms with Crippen LogP contribution in [-0.4, -0.2) is 36.4 Å². The molecule has 0 bridgehead atoms. The molecule has 8 nitrogen and oxygen atoms in total. The van der Waals surface area contributed by atoms with Crippen LogP contribution in [-0.2, 0) is 11.4 Å². The summed E-state index contributed by atoms with van der Waals surface area (Å²) in [5.41, 5.74) is 2.15. The van der Waals surface area contributed by atoms with Crippen LogP contribution in [0.4, 0.5) is 5.69 Å². The van der Waals surface area contributed by atoms with Crippen molar-refractivity contribution in [1.82, 2.24) is 5.32 Å². The molecule has 0 aromatic heterocycles. The minimum Gasteiger partial charge on any atom is -0.497 e. The van der Waals surface area contributed by atoms with E-state index in [1.54, 1.807) is 61.7 Å². The number of rotatable bonds is 8. The van der Waals surface area contributed by atoms with E-state index in [1.807, 2.05) is 0 Å². The molecule has 1 fully saturated rings. The second-order valence-corrected chi connectivity index (χ2v) is 8.95. The molecule has 0 spiro atoms. The number of carboxylic acids is 1. The number of thioether (sulfide) groups is 1. The van der Waals surface area contributed by atoms with Crippen molar-refractivity contribution in [1.29, 1.82) is 0 Å². The number of aliphatic imine (C=N–C) groups is 1. The van der Waals surface area contributed by atoms with Gasteiger partial charge < -0.3 is 24.6 Å². The summed E-state index contributed by atoms with van der Waals surface area (Å²) in [6, 6.07) is 17.0. The van der Waals surface area contributed by atoms with E-state index in [2.05, 4.69) is 10.3 Å². The Hall–Kier alpha value is -3.95. The first kappa shape index (κ1) is 25.2. The van der Waals surface area contributed by atoms with Gasteiger partial charge in [-0.1, -0.05) is 23.7 Å². The van der Waals surface area contributed by atoms with Gasteiger partial charge in [-0.3, -0.25) is 4.79 Å². The Morgan fingerprint density at radius 2 is 1.89 bits per heavy atom. The monoisotopic (exact) mass is 524 g/mol. The third-order valence-electron chi connectivity index (χ3n) is 5.06. The Morgan fingerprint density at radius 3 is 2.58 bits per heavy atom. The average molecular weight is 525 g/mol. The number of carbonyl (C=O) groups excluding carboxylic acids is 1. The van der Waals surface area contributed by atoms with Crippen molar-refractivity contribution in [3.63, 3.8) is 0 Å². The predicted octanol–water partition coefficient (Wildman–Crippen LogP) is 5.53. The number of carboxylic acid groups (broad SMARTS) is 1.